The summed E-state index contributed by atoms with van der Waals surface area (Å²) >= 11 is 0. The molecule has 1 saturated heterocycles. The third-order valence-corrected chi connectivity index (χ3v) is 8.86. The first-order valence-corrected chi connectivity index (χ1v) is 14.8. The molecule has 3 aliphatic rings. The molecule has 2 heterocycles. The van der Waals surface area contributed by atoms with Gasteiger partial charge in [-0.2, -0.15) is 4.31 Å². The molecule has 0 bridgehead atoms. The molecule has 1 saturated carbocycles. The standard InChI is InChI=1S/C27H38N4O5S/c1-20(2)19-36-26(33)28-18-22-10-8-21(9-11-22)12-17-37(34,35)31-15-13-27(14-16-31)25(32)29-24(30-27)23-6-4-3-5-7-23/h8-12,17,20,23H,3-7,13-16,18-19H2,1-2H3,(H,28,33)(H,29,30,32)/b17-12+. The van der Waals surface area contributed by atoms with Crippen LogP contribution in [0.25, 0.3) is 6.08 Å². The molecule has 10 heteroatoms. The molecule has 1 aromatic carbocycles. The average Bonchev–Trinajstić information content (AvgIpc) is 3.21. The normalized spacial score (nSPS) is 20.8. The van der Waals surface area contributed by atoms with Crippen LogP contribution < -0.4 is 10.6 Å². The topological polar surface area (TPSA) is 117 Å². The lowest BCUT2D eigenvalue weighted by Gasteiger charge is -2.34. The van der Waals surface area contributed by atoms with E-state index in [1.165, 1.54) is 16.1 Å². The number of nitrogens with zero attached hydrogens (tertiary/aromatic N) is 2. The van der Waals surface area contributed by atoms with Gasteiger partial charge in [0.2, 0.25) is 10.0 Å². The van der Waals surface area contributed by atoms with Crippen molar-refractivity contribution in [1.82, 2.24) is 14.9 Å². The molecule has 9 nitrogen and oxygen atoms in total. The molecule has 0 unspecified atom stereocenters. The van der Waals surface area contributed by atoms with Crippen molar-refractivity contribution < 1.29 is 22.7 Å². The fourth-order valence-corrected chi connectivity index (χ4v) is 6.22. The first-order chi connectivity index (χ1) is 17.7. The number of carbonyl (C=O) groups excluding carboxylic acids is 2. The van der Waals surface area contributed by atoms with Gasteiger partial charge in [-0.3, -0.25) is 9.79 Å². The second kappa shape index (κ2) is 11.8. The van der Waals surface area contributed by atoms with Crippen molar-refractivity contribution in [2.45, 2.75) is 70.9 Å². The summed E-state index contributed by atoms with van der Waals surface area (Å²) < 4.78 is 32.4. The van der Waals surface area contributed by atoms with Crippen LogP contribution in [-0.2, 0) is 26.1 Å². The Morgan fingerprint density at radius 1 is 1.19 bits per heavy atom. The molecular weight excluding hydrogens is 492 g/mol. The summed E-state index contributed by atoms with van der Waals surface area (Å²) in [6.07, 6.45) is 7.57. The van der Waals surface area contributed by atoms with E-state index in [2.05, 4.69) is 10.6 Å². The van der Waals surface area contributed by atoms with Gasteiger partial charge in [0.05, 0.1) is 6.61 Å². The van der Waals surface area contributed by atoms with Gasteiger partial charge in [-0.1, -0.05) is 57.4 Å². The summed E-state index contributed by atoms with van der Waals surface area (Å²) in [5, 5.41) is 6.93. The SMILES string of the molecule is CC(C)COC(=O)NCc1ccc(/C=C/S(=O)(=O)N2CCC3(CC2)N=C(C2CCCCC2)NC3=O)cc1. The van der Waals surface area contributed by atoms with Crippen LogP contribution in [-0.4, -0.2) is 55.8 Å². The Balaban J connectivity index is 1.29. The van der Waals surface area contributed by atoms with Gasteiger partial charge in [0.1, 0.15) is 11.4 Å². The zero-order valence-corrected chi connectivity index (χ0v) is 22.6. The summed E-state index contributed by atoms with van der Waals surface area (Å²) in [7, 11) is -3.63. The monoisotopic (exact) mass is 530 g/mol. The highest BCUT2D eigenvalue weighted by atomic mass is 32.2. The number of ether oxygens (including phenoxy) is 1. The summed E-state index contributed by atoms with van der Waals surface area (Å²) in [6.45, 7) is 5.16. The third kappa shape index (κ3) is 6.98. The molecule has 1 aromatic rings. The number of hydrogen-bond acceptors (Lipinski definition) is 6. The second-order valence-corrected chi connectivity index (χ2v) is 12.5. The van der Waals surface area contributed by atoms with Gasteiger partial charge in [0, 0.05) is 31.0 Å². The zero-order valence-electron chi connectivity index (χ0n) is 21.7. The van der Waals surface area contributed by atoms with Gasteiger partial charge >= 0.3 is 6.09 Å². The van der Waals surface area contributed by atoms with E-state index in [1.807, 2.05) is 26.0 Å². The summed E-state index contributed by atoms with van der Waals surface area (Å²) in [6, 6.07) is 7.27. The maximum absolute atomic E-state index is 13.0. The van der Waals surface area contributed by atoms with E-state index >= 15 is 0 Å². The van der Waals surface area contributed by atoms with Gasteiger partial charge in [0.15, 0.2) is 0 Å². The molecular formula is C27H38N4O5S. The molecule has 0 aromatic heterocycles. The number of rotatable bonds is 8. The molecule has 4 rings (SSSR count). The number of benzene rings is 1. The lowest BCUT2D eigenvalue weighted by Crippen LogP contribution is -2.50. The molecule has 37 heavy (non-hydrogen) atoms. The van der Waals surface area contributed by atoms with Crippen molar-refractivity contribution >= 4 is 33.9 Å². The lowest BCUT2D eigenvalue weighted by molar-refractivity contribution is -0.125. The lowest BCUT2D eigenvalue weighted by atomic mass is 9.88. The van der Waals surface area contributed by atoms with Gasteiger partial charge in [0.25, 0.3) is 5.91 Å². The summed E-state index contributed by atoms with van der Waals surface area (Å²) in [5.41, 5.74) is 0.791. The van der Waals surface area contributed by atoms with Gasteiger partial charge in [-0.25, -0.2) is 13.2 Å². The number of alkyl carbamates (subject to hydrolysis) is 1. The fourth-order valence-electron chi connectivity index (χ4n) is 5.03. The first kappa shape index (κ1) is 27.3. The number of hydrogen-bond donors (Lipinski definition) is 2. The minimum atomic E-state index is -3.63. The van der Waals surface area contributed by atoms with Crippen molar-refractivity contribution in [3.8, 4) is 0 Å². The number of sulfonamides is 1. The minimum absolute atomic E-state index is 0.0802. The van der Waals surface area contributed by atoms with Crippen LogP contribution in [0.5, 0.6) is 0 Å². The maximum atomic E-state index is 13.0. The smallest absolute Gasteiger partial charge is 0.407 e. The largest absolute Gasteiger partial charge is 0.449 e. The van der Waals surface area contributed by atoms with Crippen LogP contribution in [0.15, 0.2) is 34.7 Å². The van der Waals surface area contributed by atoms with E-state index in [0.29, 0.717) is 31.9 Å². The minimum Gasteiger partial charge on any atom is -0.449 e. The van der Waals surface area contributed by atoms with Crippen molar-refractivity contribution in [3.05, 3.63) is 40.8 Å². The van der Waals surface area contributed by atoms with Crippen LogP contribution in [0.2, 0.25) is 0 Å². The molecule has 1 aliphatic carbocycles. The van der Waals surface area contributed by atoms with Crippen molar-refractivity contribution in [2.24, 2.45) is 16.8 Å². The molecule has 2 amide bonds. The van der Waals surface area contributed by atoms with Crippen molar-refractivity contribution in [3.63, 3.8) is 0 Å². The maximum Gasteiger partial charge on any atom is 0.407 e. The predicted octanol–water partition coefficient (Wildman–Crippen LogP) is 3.81. The molecule has 2 fully saturated rings. The van der Waals surface area contributed by atoms with Crippen LogP contribution in [0, 0.1) is 11.8 Å². The third-order valence-electron chi connectivity index (χ3n) is 7.30. The Morgan fingerprint density at radius 2 is 1.86 bits per heavy atom. The van der Waals surface area contributed by atoms with E-state index in [1.54, 1.807) is 18.2 Å². The van der Waals surface area contributed by atoms with Crippen LogP contribution in [0.3, 0.4) is 0 Å². The fraction of sp³-hybridized carbons (Fsp3) is 0.593. The van der Waals surface area contributed by atoms with Crippen molar-refractivity contribution in [2.75, 3.05) is 19.7 Å². The van der Waals surface area contributed by atoms with Crippen molar-refractivity contribution in [1.29, 1.82) is 0 Å². The Hall–Kier alpha value is -2.72. The van der Waals surface area contributed by atoms with E-state index in [-0.39, 0.29) is 24.9 Å². The Kier molecular flexibility index (Phi) is 8.69. The quantitative estimate of drug-likeness (QED) is 0.530. The van der Waals surface area contributed by atoms with E-state index in [4.69, 9.17) is 9.73 Å². The highest BCUT2D eigenvalue weighted by molar-refractivity contribution is 7.92. The second-order valence-electron chi connectivity index (χ2n) is 10.7. The molecule has 0 atom stereocenters. The van der Waals surface area contributed by atoms with Crippen LogP contribution >= 0.6 is 0 Å². The predicted molar refractivity (Wildman–Crippen MR) is 143 cm³/mol. The van der Waals surface area contributed by atoms with E-state index < -0.39 is 21.7 Å². The zero-order chi connectivity index (χ0) is 26.5. The number of aliphatic imine (C=N–C) groups is 1. The molecule has 2 N–H and O–H groups in total. The van der Waals surface area contributed by atoms with Gasteiger partial charge in [-0.15, -0.1) is 0 Å². The number of piperidine rings is 1. The van der Waals surface area contributed by atoms with Gasteiger partial charge < -0.3 is 15.4 Å². The van der Waals surface area contributed by atoms with E-state index in [0.717, 1.165) is 42.6 Å². The van der Waals surface area contributed by atoms with Crippen LogP contribution in [0.4, 0.5) is 4.79 Å². The van der Waals surface area contributed by atoms with Gasteiger partial charge in [-0.05, 0) is 48.8 Å². The molecule has 0 radical (unpaired) electrons. The van der Waals surface area contributed by atoms with E-state index in [9.17, 15) is 18.0 Å². The Bertz CT molecular complexity index is 1130. The molecule has 2 aliphatic heterocycles. The number of nitrogens with one attached hydrogen (secondary N) is 2. The first-order valence-electron chi connectivity index (χ1n) is 13.3. The molecule has 1 spiro atoms. The highest BCUT2D eigenvalue weighted by Crippen LogP contribution is 2.34. The average molecular weight is 531 g/mol. The number of amidine groups is 1. The van der Waals surface area contributed by atoms with Crippen LogP contribution in [0.1, 0.15) is 69.9 Å². The number of amides is 2. The summed E-state index contributed by atoms with van der Waals surface area (Å²) in [5.74, 6) is 1.33. The Morgan fingerprint density at radius 3 is 2.51 bits per heavy atom. The Labute approximate surface area is 219 Å². The number of carbonyl (C=O) groups is 2. The molecule has 202 valence electrons. The highest BCUT2D eigenvalue weighted by Gasteiger charge is 2.48. The summed E-state index contributed by atoms with van der Waals surface area (Å²) in [4.78, 5) is 29.3.